The second-order valence-electron chi connectivity index (χ2n) is 4.98. The van der Waals surface area contributed by atoms with E-state index in [4.69, 9.17) is 26.8 Å². The third-order valence-corrected chi connectivity index (χ3v) is 4.16. The molecule has 17 heavy (non-hydrogen) atoms. The van der Waals surface area contributed by atoms with E-state index < -0.39 is 0 Å². The molecule has 0 saturated heterocycles. The lowest BCUT2D eigenvalue weighted by atomic mass is 9.86. The minimum atomic E-state index is -0.290. The molecule has 1 saturated carbocycles. The molecule has 0 radical (unpaired) electrons. The van der Waals surface area contributed by atoms with E-state index in [-0.39, 0.29) is 12.3 Å². The van der Waals surface area contributed by atoms with Crippen molar-refractivity contribution in [1.29, 1.82) is 0 Å². The van der Waals surface area contributed by atoms with Crippen molar-refractivity contribution in [2.75, 3.05) is 6.79 Å². The summed E-state index contributed by atoms with van der Waals surface area (Å²) in [5, 5.41) is 0.641. The van der Waals surface area contributed by atoms with Gasteiger partial charge in [0.15, 0.2) is 11.5 Å². The zero-order valence-electron chi connectivity index (χ0n) is 9.88. The van der Waals surface area contributed by atoms with Gasteiger partial charge < -0.3 is 15.2 Å². The summed E-state index contributed by atoms with van der Waals surface area (Å²) in [4.78, 5) is 0. The quantitative estimate of drug-likeness (QED) is 0.836. The highest BCUT2D eigenvalue weighted by atomic mass is 35.5. The number of aryl methyl sites for hydroxylation is 1. The Labute approximate surface area is 106 Å². The van der Waals surface area contributed by atoms with Crippen LogP contribution >= 0.6 is 11.6 Å². The zero-order valence-corrected chi connectivity index (χ0v) is 10.6. The molecule has 0 amide bonds. The third-order valence-electron chi connectivity index (χ3n) is 3.80. The van der Waals surface area contributed by atoms with E-state index in [0.717, 1.165) is 29.7 Å². The van der Waals surface area contributed by atoms with Crippen LogP contribution in [-0.2, 0) is 5.54 Å². The molecule has 0 unspecified atom stereocenters. The van der Waals surface area contributed by atoms with E-state index in [0.29, 0.717) is 10.8 Å². The first-order valence-electron chi connectivity index (χ1n) is 6.00. The van der Waals surface area contributed by atoms with Crippen LogP contribution in [0.5, 0.6) is 11.5 Å². The Kier molecular flexibility index (Phi) is 2.49. The molecule has 1 aliphatic carbocycles. The summed E-state index contributed by atoms with van der Waals surface area (Å²) >= 11 is 6.44. The first-order chi connectivity index (χ1) is 8.12. The summed E-state index contributed by atoms with van der Waals surface area (Å²) in [5.74, 6) is 1.39. The molecule has 1 fully saturated rings. The highest BCUT2D eigenvalue weighted by molar-refractivity contribution is 6.33. The summed E-state index contributed by atoms with van der Waals surface area (Å²) in [6.45, 7) is 2.28. The topological polar surface area (TPSA) is 44.5 Å². The number of fused-ring (bicyclic) bond motifs is 1. The summed E-state index contributed by atoms with van der Waals surface area (Å²) < 4.78 is 10.8. The van der Waals surface area contributed by atoms with Gasteiger partial charge in [0.05, 0.1) is 5.02 Å². The maximum absolute atomic E-state index is 6.50. The van der Waals surface area contributed by atoms with E-state index in [1.165, 1.54) is 12.8 Å². The van der Waals surface area contributed by atoms with E-state index >= 15 is 0 Å². The SMILES string of the molecule is Cc1cc2c(c(Cl)c1C1(N)CCCC1)OCO2. The van der Waals surface area contributed by atoms with Gasteiger partial charge in [-0.2, -0.15) is 0 Å². The molecule has 0 aromatic heterocycles. The Morgan fingerprint density at radius 2 is 2.00 bits per heavy atom. The van der Waals surface area contributed by atoms with E-state index in [2.05, 4.69) is 0 Å². The minimum Gasteiger partial charge on any atom is -0.454 e. The highest BCUT2D eigenvalue weighted by Gasteiger charge is 2.37. The second-order valence-corrected chi connectivity index (χ2v) is 5.36. The van der Waals surface area contributed by atoms with Gasteiger partial charge in [0.25, 0.3) is 0 Å². The molecule has 2 aliphatic rings. The Bertz CT molecular complexity index is 467. The molecule has 2 N–H and O–H groups in total. The largest absolute Gasteiger partial charge is 0.454 e. The van der Waals surface area contributed by atoms with Crippen molar-refractivity contribution in [3.8, 4) is 11.5 Å². The van der Waals surface area contributed by atoms with Crippen LogP contribution in [0.2, 0.25) is 5.02 Å². The monoisotopic (exact) mass is 253 g/mol. The highest BCUT2D eigenvalue weighted by Crippen LogP contribution is 2.49. The second kappa shape index (κ2) is 3.79. The molecule has 0 bridgehead atoms. The van der Waals surface area contributed by atoms with Gasteiger partial charge in [0, 0.05) is 5.54 Å². The molecule has 4 heteroatoms. The fourth-order valence-corrected chi connectivity index (χ4v) is 3.47. The van der Waals surface area contributed by atoms with Crippen LogP contribution in [0.3, 0.4) is 0 Å². The average Bonchev–Trinajstić information content (AvgIpc) is 2.87. The Morgan fingerprint density at radius 3 is 2.71 bits per heavy atom. The van der Waals surface area contributed by atoms with Crippen molar-refractivity contribution in [3.63, 3.8) is 0 Å². The molecule has 3 nitrogen and oxygen atoms in total. The molecule has 3 rings (SSSR count). The lowest BCUT2D eigenvalue weighted by Gasteiger charge is -2.27. The van der Waals surface area contributed by atoms with Crippen molar-refractivity contribution >= 4 is 11.6 Å². The normalized spacial score (nSPS) is 20.9. The van der Waals surface area contributed by atoms with Crippen LogP contribution in [0.15, 0.2) is 6.07 Å². The summed E-state index contributed by atoms with van der Waals surface area (Å²) in [5.41, 5.74) is 8.35. The lowest BCUT2D eigenvalue weighted by Crippen LogP contribution is -2.34. The fraction of sp³-hybridized carbons (Fsp3) is 0.538. The Balaban J connectivity index is 2.16. The predicted molar refractivity (Wildman–Crippen MR) is 66.6 cm³/mol. The number of nitrogens with two attached hydrogens (primary N) is 1. The fourth-order valence-electron chi connectivity index (χ4n) is 2.99. The number of hydrogen-bond acceptors (Lipinski definition) is 3. The van der Waals surface area contributed by atoms with Gasteiger partial charge >= 0.3 is 0 Å². The lowest BCUT2D eigenvalue weighted by molar-refractivity contribution is 0.174. The van der Waals surface area contributed by atoms with E-state index in [1.54, 1.807) is 0 Å². The van der Waals surface area contributed by atoms with Gasteiger partial charge in [-0.1, -0.05) is 24.4 Å². The van der Waals surface area contributed by atoms with Gasteiger partial charge in [-0.15, -0.1) is 0 Å². The van der Waals surface area contributed by atoms with Crippen LogP contribution < -0.4 is 15.2 Å². The van der Waals surface area contributed by atoms with Crippen LogP contribution in [0, 0.1) is 6.92 Å². The van der Waals surface area contributed by atoms with Crippen molar-refractivity contribution in [2.45, 2.75) is 38.1 Å². The average molecular weight is 254 g/mol. The smallest absolute Gasteiger partial charge is 0.231 e. The van der Waals surface area contributed by atoms with Crippen molar-refractivity contribution < 1.29 is 9.47 Å². The predicted octanol–water partition coefficient (Wildman–Crippen LogP) is 3.11. The molecule has 1 aliphatic heterocycles. The summed E-state index contributed by atoms with van der Waals surface area (Å²) in [6.07, 6.45) is 4.32. The zero-order chi connectivity index (χ0) is 12.0. The first-order valence-corrected chi connectivity index (χ1v) is 6.38. The van der Waals surface area contributed by atoms with E-state index in [9.17, 15) is 0 Å². The molecular formula is C13H16ClNO2. The minimum absolute atomic E-state index is 0.246. The Hall–Kier alpha value is -0.930. The molecule has 0 atom stereocenters. The van der Waals surface area contributed by atoms with Crippen LogP contribution in [0.25, 0.3) is 0 Å². The molecular weight excluding hydrogens is 238 g/mol. The summed E-state index contributed by atoms with van der Waals surface area (Å²) in [6, 6.07) is 1.98. The van der Waals surface area contributed by atoms with Crippen LogP contribution in [0.1, 0.15) is 36.8 Å². The van der Waals surface area contributed by atoms with Crippen LogP contribution in [0.4, 0.5) is 0 Å². The van der Waals surface area contributed by atoms with Crippen molar-refractivity contribution in [1.82, 2.24) is 0 Å². The molecule has 1 aromatic carbocycles. The molecule has 1 heterocycles. The van der Waals surface area contributed by atoms with Gasteiger partial charge in [-0.05, 0) is 37.0 Å². The number of halogens is 1. The van der Waals surface area contributed by atoms with Gasteiger partial charge in [-0.25, -0.2) is 0 Å². The molecule has 92 valence electrons. The van der Waals surface area contributed by atoms with Gasteiger partial charge in [-0.3, -0.25) is 0 Å². The number of benzene rings is 1. The standard InChI is InChI=1S/C13H16ClNO2/c1-8-6-9-12(17-7-16-9)11(14)10(8)13(15)4-2-3-5-13/h6H,2-5,7,15H2,1H3. The first kappa shape index (κ1) is 11.2. The number of ether oxygens (including phenoxy) is 2. The van der Waals surface area contributed by atoms with Crippen LogP contribution in [-0.4, -0.2) is 6.79 Å². The molecule has 0 spiro atoms. The van der Waals surface area contributed by atoms with Crippen molar-refractivity contribution in [2.24, 2.45) is 5.73 Å². The Morgan fingerprint density at radius 1 is 1.29 bits per heavy atom. The maximum Gasteiger partial charge on any atom is 0.231 e. The maximum atomic E-state index is 6.50. The summed E-state index contributed by atoms with van der Waals surface area (Å²) in [7, 11) is 0. The third kappa shape index (κ3) is 1.60. The number of hydrogen-bond donors (Lipinski definition) is 1. The van der Waals surface area contributed by atoms with Crippen molar-refractivity contribution in [3.05, 3.63) is 22.2 Å². The van der Waals surface area contributed by atoms with E-state index in [1.807, 2.05) is 13.0 Å². The number of rotatable bonds is 1. The van der Waals surface area contributed by atoms with Gasteiger partial charge in [0.2, 0.25) is 6.79 Å². The molecule has 1 aromatic rings. The van der Waals surface area contributed by atoms with Gasteiger partial charge in [0.1, 0.15) is 0 Å².